The molecule has 8 nitrogen and oxygen atoms in total. The molecule has 0 aliphatic rings. The van der Waals surface area contributed by atoms with E-state index in [2.05, 4.69) is 5.32 Å². The molecule has 12 heteroatoms. The molecule has 0 heterocycles. The van der Waals surface area contributed by atoms with Gasteiger partial charge in [0.15, 0.2) is 0 Å². The second-order valence-electron chi connectivity index (χ2n) is 6.35. The van der Waals surface area contributed by atoms with Gasteiger partial charge in [0.1, 0.15) is 10.6 Å². The Hall–Kier alpha value is -3.93. The maximum Gasteiger partial charge on any atom is 0.416 e. The fourth-order valence-electron chi connectivity index (χ4n) is 2.57. The van der Waals surface area contributed by atoms with Crippen LogP contribution in [0.15, 0.2) is 77.7 Å². The zero-order valence-corrected chi connectivity index (χ0v) is 16.7. The number of non-ortho nitro benzene ring substituents is 1. The Morgan fingerprint density at radius 2 is 1.62 bits per heavy atom. The van der Waals surface area contributed by atoms with Crippen LogP contribution in [0.2, 0.25) is 0 Å². The summed E-state index contributed by atoms with van der Waals surface area (Å²) in [4.78, 5) is 22.0. The van der Waals surface area contributed by atoms with E-state index in [0.717, 1.165) is 30.3 Å². The normalized spacial score (nSPS) is 11.6. The van der Waals surface area contributed by atoms with Gasteiger partial charge in [0.05, 0.1) is 16.6 Å². The van der Waals surface area contributed by atoms with E-state index in [1.807, 2.05) is 0 Å². The Kier molecular flexibility index (Phi) is 6.16. The Morgan fingerprint density at radius 1 is 0.969 bits per heavy atom. The number of nitro groups is 1. The van der Waals surface area contributed by atoms with Crippen molar-refractivity contribution in [1.29, 1.82) is 0 Å². The number of hydrogen-bond donors (Lipinski definition) is 1. The van der Waals surface area contributed by atoms with Crippen molar-refractivity contribution in [3.8, 4) is 5.75 Å². The summed E-state index contributed by atoms with van der Waals surface area (Å²) in [6.07, 6.45) is -4.61. The fraction of sp³-hybridized carbons (Fsp3) is 0.0500. The zero-order valence-electron chi connectivity index (χ0n) is 15.9. The third-order valence-electron chi connectivity index (χ3n) is 4.09. The van der Waals surface area contributed by atoms with E-state index in [-0.39, 0.29) is 27.6 Å². The van der Waals surface area contributed by atoms with Gasteiger partial charge in [0, 0.05) is 17.3 Å². The third-order valence-corrected chi connectivity index (χ3v) is 5.35. The predicted octanol–water partition coefficient (Wildman–Crippen LogP) is 4.63. The number of nitrogens with zero attached hydrogens (tertiary/aromatic N) is 1. The van der Waals surface area contributed by atoms with Gasteiger partial charge in [-0.2, -0.15) is 21.6 Å². The van der Waals surface area contributed by atoms with Gasteiger partial charge in [-0.15, -0.1) is 0 Å². The summed E-state index contributed by atoms with van der Waals surface area (Å²) >= 11 is 0. The molecule has 0 saturated heterocycles. The number of nitro benzene ring substituents is 1. The van der Waals surface area contributed by atoms with Gasteiger partial charge in [-0.1, -0.05) is 12.1 Å². The van der Waals surface area contributed by atoms with E-state index in [4.69, 9.17) is 4.18 Å². The van der Waals surface area contributed by atoms with E-state index < -0.39 is 32.7 Å². The molecule has 0 aromatic heterocycles. The Bertz CT molecular complexity index is 1270. The average Bonchev–Trinajstić information content (AvgIpc) is 2.73. The molecule has 0 aliphatic heterocycles. The first-order valence-corrected chi connectivity index (χ1v) is 10.1. The number of amides is 1. The summed E-state index contributed by atoms with van der Waals surface area (Å²) in [7, 11) is -4.34. The molecule has 32 heavy (non-hydrogen) atoms. The first-order chi connectivity index (χ1) is 15.0. The number of carbonyl (C=O) groups excluding carboxylic acids is 1. The van der Waals surface area contributed by atoms with E-state index in [1.165, 1.54) is 36.4 Å². The Balaban J connectivity index is 1.74. The molecule has 0 spiro atoms. The van der Waals surface area contributed by atoms with Gasteiger partial charge in [0.2, 0.25) is 0 Å². The fourth-order valence-corrected chi connectivity index (χ4v) is 3.49. The van der Waals surface area contributed by atoms with Gasteiger partial charge >= 0.3 is 16.3 Å². The van der Waals surface area contributed by atoms with Crippen molar-refractivity contribution >= 4 is 27.4 Å². The van der Waals surface area contributed by atoms with E-state index >= 15 is 0 Å². The summed E-state index contributed by atoms with van der Waals surface area (Å²) in [5.74, 6) is -1.08. The van der Waals surface area contributed by atoms with Crippen LogP contribution in [0, 0.1) is 10.1 Å². The molecule has 0 atom stereocenters. The van der Waals surface area contributed by atoms with Gasteiger partial charge < -0.3 is 9.50 Å². The number of halogens is 3. The lowest BCUT2D eigenvalue weighted by atomic mass is 10.1. The lowest BCUT2D eigenvalue weighted by Gasteiger charge is -2.10. The molecule has 166 valence electrons. The van der Waals surface area contributed by atoms with Crippen molar-refractivity contribution in [2.45, 2.75) is 11.1 Å². The zero-order chi connectivity index (χ0) is 23.5. The second-order valence-corrected chi connectivity index (χ2v) is 7.90. The third kappa shape index (κ3) is 5.40. The van der Waals surface area contributed by atoms with Crippen molar-refractivity contribution in [2.24, 2.45) is 0 Å². The first-order valence-electron chi connectivity index (χ1n) is 8.73. The standard InChI is InChI=1S/C20H13F3N2O6S/c21-20(22,23)14-4-1-3-13(11-14)19(26)24-15-7-9-18(10-8-15)32(29,30)31-17-6-2-5-16(12-17)25(27)28/h1-12H,(H,24,26). The molecule has 0 unspecified atom stereocenters. The number of benzene rings is 3. The lowest BCUT2D eigenvalue weighted by molar-refractivity contribution is -0.384. The summed E-state index contributed by atoms with van der Waals surface area (Å²) in [6, 6.07) is 13.1. The molecular weight excluding hydrogens is 453 g/mol. The van der Waals surface area contributed by atoms with Crippen molar-refractivity contribution in [2.75, 3.05) is 5.32 Å². The molecule has 3 rings (SSSR count). The van der Waals surface area contributed by atoms with Gasteiger partial charge in [-0.05, 0) is 48.5 Å². The summed E-state index contributed by atoms with van der Waals surface area (Å²) in [5, 5.41) is 13.2. The molecule has 0 saturated carbocycles. The smallest absolute Gasteiger partial charge is 0.379 e. The monoisotopic (exact) mass is 466 g/mol. The van der Waals surface area contributed by atoms with Crippen LogP contribution in [-0.4, -0.2) is 19.2 Å². The number of rotatable bonds is 6. The van der Waals surface area contributed by atoms with E-state index in [1.54, 1.807) is 0 Å². The van der Waals surface area contributed by atoms with Crippen LogP contribution in [0.4, 0.5) is 24.5 Å². The highest BCUT2D eigenvalue weighted by Crippen LogP contribution is 2.30. The largest absolute Gasteiger partial charge is 0.416 e. The molecule has 3 aromatic carbocycles. The quantitative estimate of drug-likeness (QED) is 0.322. The maximum absolute atomic E-state index is 12.8. The van der Waals surface area contributed by atoms with Gasteiger partial charge in [-0.3, -0.25) is 14.9 Å². The number of anilines is 1. The van der Waals surface area contributed by atoms with Crippen LogP contribution in [0.1, 0.15) is 15.9 Å². The van der Waals surface area contributed by atoms with Crippen molar-refractivity contribution in [3.05, 3.63) is 94.0 Å². The van der Waals surface area contributed by atoms with Crippen LogP contribution < -0.4 is 9.50 Å². The van der Waals surface area contributed by atoms with E-state index in [0.29, 0.717) is 6.07 Å². The highest BCUT2D eigenvalue weighted by Gasteiger charge is 2.31. The van der Waals surface area contributed by atoms with Gasteiger partial charge in [0.25, 0.3) is 11.6 Å². The topological polar surface area (TPSA) is 116 Å². The SMILES string of the molecule is O=C(Nc1ccc(S(=O)(=O)Oc2cccc([N+](=O)[O-])c2)cc1)c1cccc(C(F)(F)F)c1. The molecule has 0 fully saturated rings. The number of alkyl halides is 3. The molecule has 3 aromatic rings. The minimum Gasteiger partial charge on any atom is -0.379 e. The van der Waals surface area contributed by atoms with E-state index in [9.17, 15) is 36.5 Å². The van der Waals surface area contributed by atoms with Crippen molar-refractivity contribution in [1.82, 2.24) is 0 Å². The van der Waals surface area contributed by atoms with Crippen LogP contribution in [0.25, 0.3) is 0 Å². The minimum absolute atomic E-state index is 0.127. The molecular formula is C20H13F3N2O6S. The predicted molar refractivity (Wildman–Crippen MR) is 107 cm³/mol. The second kappa shape index (κ2) is 8.67. The highest BCUT2D eigenvalue weighted by molar-refractivity contribution is 7.87. The van der Waals surface area contributed by atoms with Crippen molar-refractivity contribution in [3.63, 3.8) is 0 Å². The lowest BCUT2D eigenvalue weighted by Crippen LogP contribution is -2.14. The summed E-state index contributed by atoms with van der Waals surface area (Å²) < 4.78 is 68.0. The molecule has 0 aliphatic carbocycles. The van der Waals surface area contributed by atoms with Crippen LogP contribution >= 0.6 is 0 Å². The molecule has 0 radical (unpaired) electrons. The average molecular weight is 466 g/mol. The van der Waals surface area contributed by atoms with Gasteiger partial charge in [-0.25, -0.2) is 0 Å². The molecule has 0 bridgehead atoms. The number of carbonyl (C=O) groups is 1. The van der Waals surface area contributed by atoms with Crippen LogP contribution in [0.3, 0.4) is 0 Å². The van der Waals surface area contributed by atoms with Crippen LogP contribution in [-0.2, 0) is 16.3 Å². The molecule has 1 N–H and O–H groups in total. The summed E-state index contributed by atoms with van der Waals surface area (Å²) in [6.45, 7) is 0. The summed E-state index contributed by atoms with van der Waals surface area (Å²) in [5.41, 5.74) is -1.44. The Labute approximate surface area is 179 Å². The van der Waals surface area contributed by atoms with Crippen LogP contribution in [0.5, 0.6) is 5.75 Å². The highest BCUT2D eigenvalue weighted by atomic mass is 32.2. The Morgan fingerprint density at radius 3 is 2.25 bits per heavy atom. The molecule has 1 amide bonds. The first kappa shape index (κ1) is 22.7. The maximum atomic E-state index is 12.8. The minimum atomic E-state index is -4.61. The van der Waals surface area contributed by atoms with Crippen molar-refractivity contribution < 1.29 is 35.5 Å². The number of nitrogens with one attached hydrogen (secondary N) is 1. The number of hydrogen-bond acceptors (Lipinski definition) is 6.